The Bertz CT molecular complexity index is 804. The number of imide groups is 1. The molecule has 4 rings (SSSR count). The van der Waals surface area contributed by atoms with Crippen molar-refractivity contribution in [3.8, 4) is 0 Å². The first-order valence-electron chi connectivity index (χ1n) is 11.3. The number of fused-ring (bicyclic) bond motifs is 1. The van der Waals surface area contributed by atoms with E-state index in [1.165, 1.54) is 32.2 Å². The van der Waals surface area contributed by atoms with Gasteiger partial charge in [0.05, 0.1) is 0 Å². The van der Waals surface area contributed by atoms with Crippen LogP contribution in [0.15, 0.2) is 18.2 Å². The molecule has 1 aromatic rings. The van der Waals surface area contributed by atoms with Gasteiger partial charge in [0.2, 0.25) is 11.8 Å². The van der Waals surface area contributed by atoms with Gasteiger partial charge in [-0.1, -0.05) is 24.6 Å². The topological polar surface area (TPSA) is 90.5 Å². The Morgan fingerprint density at radius 2 is 2.03 bits per heavy atom. The van der Waals surface area contributed by atoms with Crippen molar-refractivity contribution in [1.29, 1.82) is 0 Å². The number of nitrogens with one attached hydrogen (secondary N) is 3. The molecule has 2 unspecified atom stereocenters. The summed E-state index contributed by atoms with van der Waals surface area (Å²) in [6.45, 7) is 4.36. The summed E-state index contributed by atoms with van der Waals surface area (Å²) in [4.78, 5) is 38.3. The number of hydrogen-bond donors (Lipinski definition) is 3. The predicted octanol–water partition coefficient (Wildman–Crippen LogP) is 1.71. The molecule has 7 heteroatoms. The zero-order valence-electron chi connectivity index (χ0n) is 17.5. The molecule has 2 fully saturated rings. The average molecular weight is 413 g/mol. The van der Waals surface area contributed by atoms with E-state index < -0.39 is 6.04 Å². The highest BCUT2D eigenvalue weighted by Gasteiger charge is 2.39. The van der Waals surface area contributed by atoms with Crippen LogP contribution in [-0.2, 0) is 22.7 Å². The van der Waals surface area contributed by atoms with Gasteiger partial charge in [-0.05, 0) is 68.8 Å². The molecule has 0 spiro atoms. The Kier molecular flexibility index (Phi) is 6.79. The van der Waals surface area contributed by atoms with Crippen molar-refractivity contribution in [3.05, 3.63) is 34.9 Å². The first kappa shape index (κ1) is 21.0. The first-order valence-corrected chi connectivity index (χ1v) is 11.3. The van der Waals surface area contributed by atoms with Crippen molar-refractivity contribution in [3.63, 3.8) is 0 Å². The molecule has 162 valence electrons. The standard InChI is InChI=1S/C23H32N4O3/c28-20-10-9-19(22(29)26-20)27-15-18-8-3-7-17(21(18)23(27)30)14-25-11-2-1-5-16-6-4-12-24-13-16/h3,7-8,16,19,24-25H,1-2,4-6,9-15H2,(H,26,28,29). The van der Waals surface area contributed by atoms with E-state index in [0.717, 1.165) is 42.1 Å². The average Bonchev–Trinajstić information content (AvgIpc) is 3.08. The molecule has 3 aliphatic rings. The Balaban J connectivity index is 1.28. The van der Waals surface area contributed by atoms with Crippen molar-refractivity contribution in [2.75, 3.05) is 19.6 Å². The summed E-state index contributed by atoms with van der Waals surface area (Å²) < 4.78 is 0. The van der Waals surface area contributed by atoms with Crippen molar-refractivity contribution in [1.82, 2.24) is 20.9 Å². The second kappa shape index (κ2) is 9.71. The molecule has 3 heterocycles. The highest BCUT2D eigenvalue weighted by molar-refractivity contribution is 6.05. The van der Waals surface area contributed by atoms with Crippen LogP contribution in [0.5, 0.6) is 0 Å². The van der Waals surface area contributed by atoms with Crippen LogP contribution in [0.3, 0.4) is 0 Å². The van der Waals surface area contributed by atoms with E-state index in [4.69, 9.17) is 0 Å². The molecule has 0 saturated carbocycles. The van der Waals surface area contributed by atoms with Crippen molar-refractivity contribution in [2.24, 2.45) is 5.92 Å². The van der Waals surface area contributed by atoms with Gasteiger partial charge >= 0.3 is 0 Å². The van der Waals surface area contributed by atoms with Gasteiger partial charge in [-0.25, -0.2) is 0 Å². The number of carbonyl (C=O) groups excluding carboxylic acids is 3. The van der Waals surface area contributed by atoms with Crippen LogP contribution in [0.25, 0.3) is 0 Å². The summed E-state index contributed by atoms with van der Waals surface area (Å²) in [5.74, 6) is 0.110. The number of benzene rings is 1. The summed E-state index contributed by atoms with van der Waals surface area (Å²) in [6.07, 6.45) is 6.98. The van der Waals surface area contributed by atoms with E-state index in [1.807, 2.05) is 18.2 Å². The lowest BCUT2D eigenvalue weighted by Crippen LogP contribution is -2.52. The number of amides is 3. The quantitative estimate of drug-likeness (QED) is 0.447. The third-order valence-corrected chi connectivity index (χ3v) is 6.57. The van der Waals surface area contributed by atoms with Gasteiger partial charge in [0.15, 0.2) is 0 Å². The van der Waals surface area contributed by atoms with E-state index in [2.05, 4.69) is 16.0 Å². The van der Waals surface area contributed by atoms with Crippen molar-refractivity contribution >= 4 is 17.7 Å². The molecular formula is C23H32N4O3. The minimum atomic E-state index is -0.558. The highest BCUT2D eigenvalue weighted by Crippen LogP contribution is 2.29. The van der Waals surface area contributed by atoms with Gasteiger partial charge in [-0.2, -0.15) is 0 Å². The molecule has 3 N–H and O–H groups in total. The van der Waals surface area contributed by atoms with Gasteiger partial charge in [-0.15, -0.1) is 0 Å². The van der Waals surface area contributed by atoms with Gasteiger partial charge in [0.25, 0.3) is 5.91 Å². The lowest BCUT2D eigenvalue weighted by atomic mass is 9.94. The minimum Gasteiger partial charge on any atom is -0.322 e. The maximum atomic E-state index is 13.1. The Morgan fingerprint density at radius 3 is 2.83 bits per heavy atom. The molecule has 2 atom stereocenters. The van der Waals surface area contributed by atoms with Crippen LogP contribution < -0.4 is 16.0 Å². The molecule has 2 saturated heterocycles. The van der Waals surface area contributed by atoms with Crippen LogP contribution in [0.2, 0.25) is 0 Å². The van der Waals surface area contributed by atoms with Crippen LogP contribution in [-0.4, -0.2) is 48.3 Å². The van der Waals surface area contributed by atoms with E-state index in [1.54, 1.807) is 4.90 Å². The van der Waals surface area contributed by atoms with Crippen LogP contribution in [0.4, 0.5) is 0 Å². The van der Waals surface area contributed by atoms with E-state index in [0.29, 0.717) is 19.5 Å². The molecule has 0 radical (unpaired) electrons. The van der Waals surface area contributed by atoms with Crippen molar-refractivity contribution in [2.45, 2.75) is 64.1 Å². The van der Waals surface area contributed by atoms with Crippen LogP contribution in [0.1, 0.15) is 66.4 Å². The van der Waals surface area contributed by atoms with E-state index in [-0.39, 0.29) is 24.1 Å². The second-order valence-corrected chi connectivity index (χ2v) is 8.74. The number of piperidine rings is 2. The molecule has 3 amide bonds. The molecule has 1 aromatic carbocycles. The predicted molar refractivity (Wildman–Crippen MR) is 114 cm³/mol. The Hall–Kier alpha value is -2.25. The van der Waals surface area contributed by atoms with Gasteiger partial charge in [0.1, 0.15) is 6.04 Å². The molecular weight excluding hydrogens is 380 g/mol. The fourth-order valence-corrected chi connectivity index (χ4v) is 4.91. The number of hydrogen-bond acceptors (Lipinski definition) is 5. The number of unbranched alkanes of at least 4 members (excludes halogenated alkanes) is 1. The fraction of sp³-hybridized carbons (Fsp3) is 0.609. The first-order chi connectivity index (χ1) is 14.6. The van der Waals surface area contributed by atoms with E-state index in [9.17, 15) is 14.4 Å². The lowest BCUT2D eigenvalue weighted by molar-refractivity contribution is -0.136. The molecule has 3 aliphatic heterocycles. The number of rotatable bonds is 8. The highest BCUT2D eigenvalue weighted by atomic mass is 16.2. The smallest absolute Gasteiger partial charge is 0.255 e. The normalized spacial score (nSPS) is 24.1. The summed E-state index contributed by atoms with van der Waals surface area (Å²) in [6, 6.07) is 5.37. The van der Waals surface area contributed by atoms with Crippen molar-refractivity contribution < 1.29 is 14.4 Å². The maximum Gasteiger partial charge on any atom is 0.255 e. The van der Waals surface area contributed by atoms with Gasteiger partial charge < -0.3 is 15.5 Å². The SMILES string of the molecule is O=C1CCC(N2Cc3cccc(CNCCCCC4CCCNC4)c3C2=O)C(=O)N1. The zero-order chi connectivity index (χ0) is 20.9. The summed E-state index contributed by atoms with van der Waals surface area (Å²) >= 11 is 0. The molecule has 0 aliphatic carbocycles. The molecule has 0 aromatic heterocycles. The Labute approximate surface area is 178 Å². The fourth-order valence-electron chi connectivity index (χ4n) is 4.91. The van der Waals surface area contributed by atoms with Crippen LogP contribution >= 0.6 is 0 Å². The molecule has 0 bridgehead atoms. The molecule has 30 heavy (non-hydrogen) atoms. The lowest BCUT2D eigenvalue weighted by Gasteiger charge is -2.29. The minimum absolute atomic E-state index is 0.0957. The number of nitrogens with zero attached hydrogens (tertiary/aromatic N) is 1. The second-order valence-electron chi connectivity index (χ2n) is 8.74. The number of carbonyl (C=O) groups is 3. The van der Waals surface area contributed by atoms with Crippen LogP contribution in [0, 0.1) is 5.92 Å². The third kappa shape index (κ3) is 4.73. The monoisotopic (exact) mass is 412 g/mol. The summed E-state index contributed by atoms with van der Waals surface area (Å²) in [5.41, 5.74) is 2.68. The third-order valence-electron chi connectivity index (χ3n) is 6.57. The largest absolute Gasteiger partial charge is 0.322 e. The van der Waals surface area contributed by atoms with E-state index >= 15 is 0 Å². The molecule has 7 nitrogen and oxygen atoms in total. The zero-order valence-corrected chi connectivity index (χ0v) is 17.5. The Morgan fingerprint density at radius 1 is 1.13 bits per heavy atom. The maximum absolute atomic E-state index is 13.1. The van der Waals surface area contributed by atoms with Gasteiger partial charge in [-0.3, -0.25) is 19.7 Å². The summed E-state index contributed by atoms with van der Waals surface area (Å²) in [7, 11) is 0. The summed E-state index contributed by atoms with van der Waals surface area (Å²) in [5, 5.41) is 9.32. The van der Waals surface area contributed by atoms with Gasteiger partial charge in [0, 0.05) is 25.1 Å².